The molecular formula is C19H27FN4O. The molecule has 2 heterocycles. The van der Waals surface area contributed by atoms with Gasteiger partial charge < -0.3 is 4.52 Å². The monoisotopic (exact) mass is 346 g/mol. The summed E-state index contributed by atoms with van der Waals surface area (Å²) >= 11 is 0. The van der Waals surface area contributed by atoms with E-state index in [9.17, 15) is 4.39 Å². The molecule has 1 aromatic carbocycles. The van der Waals surface area contributed by atoms with E-state index in [1.165, 1.54) is 0 Å². The van der Waals surface area contributed by atoms with Crippen LogP contribution >= 0.6 is 0 Å². The summed E-state index contributed by atoms with van der Waals surface area (Å²) < 4.78 is 18.2. The molecule has 0 aliphatic carbocycles. The Labute approximate surface area is 148 Å². The lowest BCUT2D eigenvalue weighted by atomic mass is 10.0. The van der Waals surface area contributed by atoms with Crippen molar-refractivity contribution in [2.75, 3.05) is 19.6 Å². The zero-order valence-corrected chi connectivity index (χ0v) is 15.3. The predicted octanol–water partition coefficient (Wildman–Crippen LogP) is 3.25. The van der Waals surface area contributed by atoms with E-state index in [1.54, 1.807) is 12.1 Å². The lowest BCUT2D eigenvalue weighted by Crippen LogP contribution is -2.44. The van der Waals surface area contributed by atoms with Crippen LogP contribution < -0.4 is 0 Å². The van der Waals surface area contributed by atoms with Crippen molar-refractivity contribution >= 4 is 0 Å². The van der Waals surface area contributed by atoms with Crippen LogP contribution in [0.1, 0.15) is 37.5 Å². The average Bonchev–Trinajstić information content (AvgIpc) is 2.87. The Balaban J connectivity index is 1.68. The molecule has 1 saturated heterocycles. The van der Waals surface area contributed by atoms with Crippen LogP contribution in [-0.2, 0) is 13.1 Å². The SMILES string of the molecule is Cc1nc(CN2CCCN(Cc3ccc(F)cc3)C(C(C)C)C2)no1. The van der Waals surface area contributed by atoms with Crippen molar-refractivity contribution in [3.05, 3.63) is 47.4 Å². The molecule has 0 bridgehead atoms. The first-order valence-electron chi connectivity index (χ1n) is 9.01. The Morgan fingerprint density at radius 2 is 1.96 bits per heavy atom. The third-order valence-electron chi connectivity index (χ3n) is 4.84. The maximum Gasteiger partial charge on any atom is 0.223 e. The largest absolute Gasteiger partial charge is 0.340 e. The summed E-state index contributed by atoms with van der Waals surface area (Å²) in [5.74, 6) is 1.73. The number of rotatable bonds is 5. The van der Waals surface area contributed by atoms with Crippen LogP contribution in [-0.4, -0.2) is 45.6 Å². The minimum atomic E-state index is -0.179. The molecule has 3 rings (SSSR count). The molecule has 136 valence electrons. The van der Waals surface area contributed by atoms with E-state index < -0.39 is 0 Å². The molecule has 0 radical (unpaired) electrons. The van der Waals surface area contributed by atoms with Gasteiger partial charge in [0.15, 0.2) is 5.82 Å². The van der Waals surface area contributed by atoms with Gasteiger partial charge in [-0.1, -0.05) is 31.1 Å². The highest BCUT2D eigenvalue weighted by molar-refractivity contribution is 5.16. The first kappa shape index (κ1) is 18.0. The van der Waals surface area contributed by atoms with Gasteiger partial charge in [0.05, 0.1) is 6.54 Å². The third kappa shape index (κ3) is 4.86. The number of halogens is 1. The molecular weight excluding hydrogens is 319 g/mol. The maximum absolute atomic E-state index is 13.2. The Morgan fingerprint density at radius 3 is 2.60 bits per heavy atom. The highest BCUT2D eigenvalue weighted by Crippen LogP contribution is 2.21. The van der Waals surface area contributed by atoms with E-state index in [0.717, 1.165) is 50.5 Å². The third-order valence-corrected chi connectivity index (χ3v) is 4.84. The van der Waals surface area contributed by atoms with E-state index in [4.69, 9.17) is 4.52 Å². The van der Waals surface area contributed by atoms with Crippen LogP contribution in [0.3, 0.4) is 0 Å². The molecule has 6 heteroatoms. The highest BCUT2D eigenvalue weighted by Gasteiger charge is 2.28. The molecule has 1 atom stereocenters. The van der Waals surface area contributed by atoms with E-state index >= 15 is 0 Å². The van der Waals surface area contributed by atoms with Gasteiger partial charge in [0.2, 0.25) is 5.89 Å². The van der Waals surface area contributed by atoms with Crippen molar-refractivity contribution in [1.82, 2.24) is 19.9 Å². The maximum atomic E-state index is 13.2. The van der Waals surface area contributed by atoms with Crippen molar-refractivity contribution in [2.24, 2.45) is 5.92 Å². The molecule has 0 N–H and O–H groups in total. The summed E-state index contributed by atoms with van der Waals surface area (Å²) in [5, 5.41) is 4.03. The van der Waals surface area contributed by atoms with Gasteiger partial charge in [0.1, 0.15) is 5.82 Å². The van der Waals surface area contributed by atoms with Crippen LogP contribution in [0.2, 0.25) is 0 Å². The first-order chi connectivity index (χ1) is 12.0. The summed E-state index contributed by atoms with van der Waals surface area (Å²) in [6.45, 7) is 11.0. The topological polar surface area (TPSA) is 45.4 Å². The Morgan fingerprint density at radius 1 is 1.20 bits per heavy atom. The molecule has 5 nitrogen and oxygen atoms in total. The number of aryl methyl sites for hydroxylation is 1. The molecule has 1 fully saturated rings. The van der Waals surface area contributed by atoms with Crippen molar-refractivity contribution in [3.63, 3.8) is 0 Å². The summed E-state index contributed by atoms with van der Waals surface area (Å²) in [6, 6.07) is 7.31. The molecule has 0 amide bonds. The Kier molecular flexibility index (Phi) is 5.81. The van der Waals surface area contributed by atoms with Crippen molar-refractivity contribution in [3.8, 4) is 0 Å². The average molecular weight is 346 g/mol. The Bertz CT molecular complexity index is 670. The molecule has 1 aliphatic heterocycles. The fraction of sp³-hybridized carbons (Fsp3) is 0.579. The summed E-state index contributed by atoms with van der Waals surface area (Å²) in [4.78, 5) is 9.28. The molecule has 1 aliphatic rings. The lowest BCUT2D eigenvalue weighted by Gasteiger charge is -2.34. The van der Waals surface area contributed by atoms with Crippen LogP contribution in [0.5, 0.6) is 0 Å². The molecule has 0 saturated carbocycles. The van der Waals surface area contributed by atoms with Gasteiger partial charge in [-0.05, 0) is 36.6 Å². The quantitative estimate of drug-likeness (QED) is 0.832. The van der Waals surface area contributed by atoms with Gasteiger partial charge in [0.25, 0.3) is 0 Å². The van der Waals surface area contributed by atoms with Crippen LogP contribution in [0.4, 0.5) is 4.39 Å². The standard InChI is InChI=1S/C19H27FN4O/c1-14(2)18-12-23(13-19-21-15(3)25-22-19)9-4-10-24(18)11-16-5-7-17(20)8-6-16/h5-8,14,18H,4,9-13H2,1-3H3. The smallest absolute Gasteiger partial charge is 0.223 e. The number of hydrogen-bond acceptors (Lipinski definition) is 5. The van der Waals surface area contributed by atoms with Crippen LogP contribution in [0.25, 0.3) is 0 Å². The fourth-order valence-electron chi connectivity index (χ4n) is 3.54. The van der Waals surface area contributed by atoms with Gasteiger partial charge in [-0.25, -0.2) is 4.39 Å². The fourth-order valence-corrected chi connectivity index (χ4v) is 3.54. The van der Waals surface area contributed by atoms with Gasteiger partial charge in [-0.2, -0.15) is 4.98 Å². The molecule has 0 spiro atoms. The Hall–Kier alpha value is -1.79. The number of benzene rings is 1. The normalized spacial score (nSPS) is 20.1. The number of hydrogen-bond donors (Lipinski definition) is 0. The zero-order chi connectivity index (χ0) is 17.8. The van der Waals surface area contributed by atoms with Gasteiger partial charge in [0, 0.05) is 32.6 Å². The van der Waals surface area contributed by atoms with Crippen LogP contribution in [0.15, 0.2) is 28.8 Å². The van der Waals surface area contributed by atoms with Crippen molar-refractivity contribution in [1.29, 1.82) is 0 Å². The lowest BCUT2D eigenvalue weighted by molar-refractivity contribution is 0.129. The summed E-state index contributed by atoms with van der Waals surface area (Å²) in [7, 11) is 0. The second-order valence-corrected chi connectivity index (χ2v) is 7.23. The van der Waals surface area contributed by atoms with Gasteiger partial charge >= 0.3 is 0 Å². The summed E-state index contributed by atoms with van der Waals surface area (Å²) in [6.07, 6.45) is 1.10. The van der Waals surface area contributed by atoms with Crippen LogP contribution in [0, 0.1) is 18.7 Å². The van der Waals surface area contributed by atoms with E-state index in [2.05, 4.69) is 33.8 Å². The minimum Gasteiger partial charge on any atom is -0.340 e. The summed E-state index contributed by atoms with van der Waals surface area (Å²) in [5.41, 5.74) is 1.16. The number of nitrogens with zero attached hydrogens (tertiary/aromatic N) is 4. The molecule has 1 unspecified atom stereocenters. The number of aromatic nitrogens is 2. The van der Waals surface area contributed by atoms with E-state index in [1.807, 2.05) is 19.1 Å². The zero-order valence-electron chi connectivity index (χ0n) is 15.3. The molecule has 2 aromatic rings. The van der Waals surface area contributed by atoms with Crippen molar-refractivity contribution in [2.45, 2.75) is 46.3 Å². The first-order valence-corrected chi connectivity index (χ1v) is 9.01. The van der Waals surface area contributed by atoms with E-state index in [-0.39, 0.29) is 5.82 Å². The predicted molar refractivity (Wildman–Crippen MR) is 94.4 cm³/mol. The second-order valence-electron chi connectivity index (χ2n) is 7.23. The van der Waals surface area contributed by atoms with Gasteiger partial charge in [-0.15, -0.1) is 0 Å². The molecule has 25 heavy (non-hydrogen) atoms. The second kappa shape index (κ2) is 8.06. The van der Waals surface area contributed by atoms with Gasteiger partial charge in [-0.3, -0.25) is 9.80 Å². The molecule has 1 aromatic heterocycles. The van der Waals surface area contributed by atoms with Crippen molar-refractivity contribution < 1.29 is 8.91 Å². The minimum absolute atomic E-state index is 0.179. The highest BCUT2D eigenvalue weighted by atomic mass is 19.1. The van der Waals surface area contributed by atoms with E-state index in [0.29, 0.717) is 17.9 Å².